The van der Waals surface area contributed by atoms with E-state index < -0.39 is 29.8 Å². The van der Waals surface area contributed by atoms with E-state index in [4.69, 9.17) is 9.47 Å². The molecule has 3 atom stereocenters. The Labute approximate surface area is 390 Å². The van der Waals surface area contributed by atoms with Gasteiger partial charge in [0.05, 0.1) is 48.8 Å². The standard InChI is InChI=1S/C48H52N8O10S/c1-27(50-41(57)13-8-9-15-44(59)65-5)45(60)51-28(2)46(61)54-43-21-30-19-31(16-17-40(30)67-43)53-47(62)37-22-32(26-55(37)3)52-42(58)14-10-18-66-39-24-35-34(23-38(39)64-4)48(63)56-33(25-49-35)20-29-11-6-7-12-36(29)56/h6-7,11-12,16-17,19,21-28,33H,8-10,13-15,18,20H2,1-5H3,(H,50,57)(H,51,60)(H,52,58)(H,53,62)(H,54,61)/t27-,28-,33-/m0/s1. The van der Waals surface area contributed by atoms with Crippen molar-refractivity contribution in [2.24, 2.45) is 12.0 Å². The number of nitrogens with zero attached hydrogens (tertiary/aromatic N) is 3. The number of rotatable bonds is 19. The highest BCUT2D eigenvalue weighted by Crippen LogP contribution is 2.41. The van der Waals surface area contributed by atoms with Gasteiger partial charge in [-0.3, -0.25) is 43.5 Å². The van der Waals surface area contributed by atoms with E-state index in [1.807, 2.05) is 30.3 Å². The molecular weight excluding hydrogens is 881 g/mol. The Balaban J connectivity index is 0.856. The summed E-state index contributed by atoms with van der Waals surface area (Å²) in [5.41, 5.74) is 4.11. The van der Waals surface area contributed by atoms with Gasteiger partial charge < -0.3 is 45.4 Å². The molecule has 0 saturated heterocycles. The van der Waals surface area contributed by atoms with E-state index in [0.29, 0.717) is 70.5 Å². The summed E-state index contributed by atoms with van der Waals surface area (Å²) < 4.78 is 18.6. The summed E-state index contributed by atoms with van der Waals surface area (Å²) in [6, 6.07) is 17.8. The number of aryl methyl sites for hydroxylation is 1. The number of anilines is 4. The predicted molar refractivity (Wildman–Crippen MR) is 255 cm³/mol. The number of methoxy groups -OCH3 is 2. The van der Waals surface area contributed by atoms with Crippen molar-refractivity contribution in [2.75, 3.05) is 41.7 Å². The van der Waals surface area contributed by atoms with Crippen LogP contribution < -0.4 is 41.0 Å². The summed E-state index contributed by atoms with van der Waals surface area (Å²) in [7, 11) is 4.50. The fraction of sp³-hybridized carbons (Fsp3) is 0.333. The summed E-state index contributed by atoms with van der Waals surface area (Å²) in [5.74, 6) is -1.73. The van der Waals surface area contributed by atoms with Crippen molar-refractivity contribution in [1.29, 1.82) is 0 Å². The van der Waals surface area contributed by atoms with Crippen molar-refractivity contribution >= 4 is 96.8 Å². The number of hydrogen-bond donors (Lipinski definition) is 5. The van der Waals surface area contributed by atoms with Crippen molar-refractivity contribution in [2.45, 2.75) is 76.9 Å². The molecule has 0 spiro atoms. The highest BCUT2D eigenvalue weighted by Gasteiger charge is 2.36. The van der Waals surface area contributed by atoms with Crippen molar-refractivity contribution in [3.05, 3.63) is 89.7 Å². The number of hydrogen-bond acceptors (Lipinski definition) is 12. The van der Waals surface area contributed by atoms with Crippen LogP contribution in [0.15, 0.2) is 77.9 Å². The lowest BCUT2D eigenvalue weighted by Crippen LogP contribution is -2.50. The SMILES string of the molecule is COC(=O)CCCCC(=O)N[C@@H](C)C(=O)N[C@@H](C)C(=O)Nc1cc2cc(NC(=O)c3cc(NC(=O)CCCOc4cc5c(cc4OC)C(=O)N4c6ccccc6C[C@H]4C=N5)cn3C)ccc2s1. The van der Waals surface area contributed by atoms with Crippen LogP contribution in [0.3, 0.4) is 0 Å². The second kappa shape index (κ2) is 21.2. The van der Waals surface area contributed by atoms with Gasteiger partial charge in [-0.1, -0.05) is 18.2 Å². The summed E-state index contributed by atoms with van der Waals surface area (Å²) in [6.07, 6.45) is 5.92. The van der Waals surface area contributed by atoms with Gasteiger partial charge in [0.15, 0.2) is 11.5 Å². The zero-order valence-electron chi connectivity index (χ0n) is 37.7. The van der Waals surface area contributed by atoms with Crippen LogP contribution in [0.5, 0.6) is 11.5 Å². The minimum atomic E-state index is -0.912. The third-order valence-corrected chi connectivity index (χ3v) is 12.3. The highest BCUT2D eigenvalue weighted by molar-refractivity contribution is 7.23. The van der Waals surface area contributed by atoms with Crippen molar-refractivity contribution in [3.8, 4) is 11.5 Å². The predicted octanol–water partition coefficient (Wildman–Crippen LogP) is 6.27. The van der Waals surface area contributed by atoms with Gasteiger partial charge in [-0.15, -0.1) is 11.3 Å². The number of benzene rings is 3. The van der Waals surface area contributed by atoms with E-state index >= 15 is 0 Å². The number of amides is 6. The first kappa shape index (κ1) is 47.4. The summed E-state index contributed by atoms with van der Waals surface area (Å²) in [6.45, 7) is 3.24. The zero-order chi connectivity index (χ0) is 47.8. The molecule has 3 aromatic carbocycles. The van der Waals surface area contributed by atoms with E-state index in [1.165, 1.54) is 39.4 Å². The lowest BCUT2D eigenvalue weighted by molar-refractivity contribution is -0.140. The Morgan fingerprint density at radius 1 is 0.806 bits per heavy atom. The Morgan fingerprint density at radius 3 is 2.36 bits per heavy atom. The van der Waals surface area contributed by atoms with Crippen LogP contribution in [-0.2, 0) is 42.2 Å². The molecule has 2 aliphatic heterocycles. The fourth-order valence-corrected chi connectivity index (χ4v) is 8.68. The number of nitrogens with one attached hydrogen (secondary N) is 5. The molecule has 5 N–H and O–H groups in total. The molecule has 5 aromatic rings. The topological polar surface area (TPSA) is 228 Å². The number of thiophene rings is 1. The van der Waals surface area contributed by atoms with Crippen LogP contribution in [0.4, 0.5) is 27.8 Å². The molecule has 67 heavy (non-hydrogen) atoms. The molecule has 0 aliphatic carbocycles. The molecule has 0 saturated carbocycles. The van der Waals surface area contributed by atoms with Gasteiger partial charge in [-0.25, -0.2) is 0 Å². The molecule has 350 valence electrons. The maximum Gasteiger partial charge on any atom is 0.305 e. The molecule has 7 rings (SSSR count). The monoisotopic (exact) mass is 932 g/mol. The number of para-hydroxylation sites is 1. The van der Waals surface area contributed by atoms with Gasteiger partial charge in [0.25, 0.3) is 11.8 Å². The third-order valence-electron chi connectivity index (χ3n) is 11.3. The van der Waals surface area contributed by atoms with Gasteiger partial charge in [-0.2, -0.15) is 0 Å². The molecule has 2 aliphatic rings. The number of ether oxygens (including phenoxy) is 3. The summed E-state index contributed by atoms with van der Waals surface area (Å²) in [4.78, 5) is 95.6. The molecule has 4 heterocycles. The smallest absolute Gasteiger partial charge is 0.305 e. The van der Waals surface area contributed by atoms with Gasteiger partial charge in [0.1, 0.15) is 17.8 Å². The van der Waals surface area contributed by atoms with Gasteiger partial charge in [-0.05, 0) is 86.5 Å². The minimum Gasteiger partial charge on any atom is -0.493 e. The quantitative estimate of drug-likeness (QED) is 0.0461. The number of carbonyl (C=O) groups excluding carboxylic acids is 7. The van der Waals surface area contributed by atoms with Crippen LogP contribution >= 0.6 is 11.3 Å². The lowest BCUT2D eigenvalue weighted by Gasteiger charge is -2.22. The number of carbonyl (C=O) groups is 7. The zero-order valence-corrected chi connectivity index (χ0v) is 38.5. The van der Waals surface area contributed by atoms with Crippen LogP contribution in [0.25, 0.3) is 10.1 Å². The van der Waals surface area contributed by atoms with Crippen molar-refractivity contribution in [3.63, 3.8) is 0 Å². The van der Waals surface area contributed by atoms with E-state index in [-0.39, 0.29) is 55.6 Å². The first-order valence-corrected chi connectivity index (χ1v) is 22.6. The molecule has 0 unspecified atom stereocenters. The minimum absolute atomic E-state index is 0.134. The number of fused-ring (bicyclic) bond motifs is 5. The molecule has 0 bridgehead atoms. The summed E-state index contributed by atoms with van der Waals surface area (Å²) in [5, 5.41) is 15.0. The molecule has 18 nitrogen and oxygen atoms in total. The Bertz CT molecular complexity index is 2760. The number of esters is 1. The van der Waals surface area contributed by atoms with Crippen LogP contribution in [0, 0.1) is 0 Å². The van der Waals surface area contributed by atoms with E-state index in [0.717, 1.165) is 21.3 Å². The van der Waals surface area contributed by atoms with Crippen LogP contribution in [0.2, 0.25) is 0 Å². The lowest BCUT2D eigenvalue weighted by atomic mass is 10.1. The average Bonchev–Trinajstić information content (AvgIpc) is 3.98. The number of aliphatic imine (C=N–C) groups is 1. The Morgan fingerprint density at radius 2 is 1.57 bits per heavy atom. The second-order valence-electron chi connectivity index (χ2n) is 16.2. The normalized spacial score (nSPS) is 14.4. The molecule has 0 radical (unpaired) electrons. The number of unbranched alkanes of at least 4 members (excludes halogenated alkanes) is 1. The van der Waals surface area contributed by atoms with Gasteiger partial charge in [0.2, 0.25) is 23.6 Å². The van der Waals surface area contributed by atoms with Crippen LogP contribution in [0.1, 0.15) is 78.8 Å². The number of aromatic nitrogens is 1. The molecule has 0 fully saturated rings. The Kier molecular flexibility index (Phi) is 15.0. The van der Waals surface area contributed by atoms with E-state index in [2.05, 4.69) is 36.3 Å². The molecular formula is C48H52N8O10S. The van der Waals surface area contributed by atoms with E-state index in [9.17, 15) is 33.6 Å². The van der Waals surface area contributed by atoms with Crippen LogP contribution in [-0.4, -0.2) is 91.1 Å². The van der Waals surface area contributed by atoms with Crippen molar-refractivity contribution < 1.29 is 47.8 Å². The van der Waals surface area contributed by atoms with Gasteiger partial charge >= 0.3 is 5.97 Å². The maximum atomic E-state index is 13.7. The van der Waals surface area contributed by atoms with E-state index in [1.54, 1.807) is 65.3 Å². The summed E-state index contributed by atoms with van der Waals surface area (Å²) >= 11 is 1.32. The maximum absolute atomic E-state index is 13.7. The largest absolute Gasteiger partial charge is 0.493 e. The first-order chi connectivity index (χ1) is 32.2. The third kappa shape index (κ3) is 11.5. The molecule has 6 amide bonds. The highest BCUT2D eigenvalue weighted by atomic mass is 32.1. The first-order valence-electron chi connectivity index (χ1n) is 21.8. The molecule has 19 heteroatoms. The average molecular weight is 933 g/mol. The van der Waals surface area contributed by atoms with Crippen molar-refractivity contribution in [1.82, 2.24) is 15.2 Å². The molecule has 2 aromatic heterocycles. The fourth-order valence-electron chi connectivity index (χ4n) is 7.73. The second-order valence-corrected chi connectivity index (χ2v) is 17.3. The Hall–Kier alpha value is -7.54. The van der Waals surface area contributed by atoms with Gasteiger partial charge in [0, 0.05) is 67.3 Å².